The van der Waals surface area contributed by atoms with Gasteiger partial charge in [-0.15, -0.1) is 0 Å². The number of ether oxygens (including phenoxy) is 1. The van der Waals surface area contributed by atoms with Crippen molar-refractivity contribution in [1.82, 2.24) is 5.32 Å². The van der Waals surface area contributed by atoms with Gasteiger partial charge in [0.25, 0.3) is 0 Å². The fourth-order valence-corrected chi connectivity index (χ4v) is 6.60. The zero-order valence-electron chi connectivity index (χ0n) is 21.1. The minimum atomic E-state index is -4.56. The summed E-state index contributed by atoms with van der Waals surface area (Å²) in [6.45, 7) is 2.36. The zero-order valence-corrected chi connectivity index (χ0v) is 21.1. The van der Waals surface area contributed by atoms with E-state index in [0.717, 1.165) is 25.7 Å². The van der Waals surface area contributed by atoms with Gasteiger partial charge in [0.1, 0.15) is 11.3 Å². The molecule has 5 nitrogen and oxygen atoms in total. The molecule has 0 atom stereocenters. The number of rotatable bonds is 6. The number of hydrogen-bond acceptors (Lipinski definition) is 3. The SMILES string of the molecule is CC1CCC(Oc2ccc3cc(CNC(=O)C45CCC(C(=O)O)(CC4)CC5)ccc3c2C(F)(F)F)CC1. The Morgan fingerprint density at radius 2 is 1.59 bits per heavy atom. The maximum atomic E-state index is 14.1. The molecule has 0 aliphatic heterocycles. The van der Waals surface area contributed by atoms with Crippen LogP contribution in [-0.2, 0) is 22.3 Å². The van der Waals surface area contributed by atoms with Crippen molar-refractivity contribution >= 4 is 22.6 Å². The van der Waals surface area contributed by atoms with Gasteiger partial charge in [0, 0.05) is 12.0 Å². The normalized spacial score (nSPS) is 29.7. The van der Waals surface area contributed by atoms with Crippen molar-refractivity contribution in [3.63, 3.8) is 0 Å². The highest BCUT2D eigenvalue weighted by Crippen LogP contribution is 2.57. The Bertz CT molecular complexity index is 1180. The smallest absolute Gasteiger partial charge is 0.420 e. The van der Waals surface area contributed by atoms with Gasteiger partial charge < -0.3 is 15.2 Å². The molecule has 200 valence electrons. The highest BCUT2D eigenvalue weighted by molar-refractivity contribution is 5.89. The Labute approximate surface area is 214 Å². The molecule has 1 amide bonds. The molecule has 8 heteroatoms. The molecule has 2 aromatic carbocycles. The first-order valence-electron chi connectivity index (χ1n) is 13.3. The van der Waals surface area contributed by atoms with Crippen LogP contribution in [0.5, 0.6) is 5.75 Å². The number of fused-ring (bicyclic) bond motifs is 4. The molecular weight excluding hydrogens is 483 g/mol. The summed E-state index contributed by atoms with van der Waals surface area (Å²) in [7, 11) is 0. The van der Waals surface area contributed by atoms with Gasteiger partial charge in [-0.2, -0.15) is 13.2 Å². The first-order valence-corrected chi connectivity index (χ1v) is 13.3. The lowest BCUT2D eigenvalue weighted by molar-refractivity contribution is -0.163. The highest BCUT2D eigenvalue weighted by atomic mass is 19.4. The third kappa shape index (κ3) is 4.91. The third-order valence-electron chi connectivity index (χ3n) is 9.22. The molecule has 0 saturated heterocycles. The molecule has 2 N–H and O–H groups in total. The number of carboxylic acids is 1. The summed E-state index contributed by atoms with van der Waals surface area (Å²) in [6, 6.07) is 7.85. The van der Waals surface area contributed by atoms with E-state index in [9.17, 15) is 27.9 Å². The lowest BCUT2D eigenvalue weighted by atomic mass is 9.53. The second-order valence-corrected chi connectivity index (χ2v) is 11.5. The molecule has 0 unspecified atom stereocenters. The van der Waals surface area contributed by atoms with Crippen molar-refractivity contribution in [1.29, 1.82) is 0 Å². The van der Waals surface area contributed by atoms with Crippen LogP contribution in [0.25, 0.3) is 10.8 Å². The molecule has 4 fully saturated rings. The summed E-state index contributed by atoms with van der Waals surface area (Å²) in [5.41, 5.74) is -1.26. The van der Waals surface area contributed by atoms with Crippen molar-refractivity contribution in [2.45, 2.75) is 90.0 Å². The average molecular weight is 518 g/mol. The molecule has 0 spiro atoms. The van der Waals surface area contributed by atoms with Gasteiger partial charge in [0.2, 0.25) is 5.91 Å². The van der Waals surface area contributed by atoms with E-state index < -0.39 is 28.5 Å². The van der Waals surface area contributed by atoms with Crippen molar-refractivity contribution < 1.29 is 32.6 Å². The fraction of sp³-hybridized carbons (Fsp3) is 0.586. The summed E-state index contributed by atoms with van der Waals surface area (Å²) in [4.78, 5) is 24.8. The quantitative estimate of drug-likeness (QED) is 0.439. The van der Waals surface area contributed by atoms with E-state index in [1.165, 1.54) is 12.1 Å². The van der Waals surface area contributed by atoms with Crippen LogP contribution in [0, 0.1) is 16.7 Å². The van der Waals surface area contributed by atoms with Gasteiger partial charge in [-0.1, -0.05) is 25.1 Å². The van der Waals surface area contributed by atoms with Gasteiger partial charge in [-0.05, 0) is 98.6 Å². The topological polar surface area (TPSA) is 75.6 Å². The zero-order chi connectivity index (χ0) is 26.4. The second kappa shape index (κ2) is 9.52. The van der Waals surface area contributed by atoms with Crippen molar-refractivity contribution in [3.8, 4) is 5.75 Å². The Hall–Kier alpha value is -2.77. The van der Waals surface area contributed by atoms with E-state index in [4.69, 9.17) is 4.74 Å². The third-order valence-corrected chi connectivity index (χ3v) is 9.22. The average Bonchev–Trinajstić information content (AvgIpc) is 2.88. The molecule has 37 heavy (non-hydrogen) atoms. The van der Waals surface area contributed by atoms with Gasteiger partial charge in [0.05, 0.1) is 11.5 Å². The van der Waals surface area contributed by atoms with Gasteiger partial charge in [0.15, 0.2) is 0 Å². The molecule has 0 radical (unpaired) electrons. The highest BCUT2D eigenvalue weighted by Gasteiger charge is 2.55. The molecule has 6 rings (SSSR count). The molecule has 2 aromatic rings. The predicted molar refractivity (Wildman–Crippen MR) is 133 cm³/mol. The number of carbonyl (C=O) groups is 2. The molecule has 4 saturated carbocycles. The number of nitrogens with one attached hydrogen (secondary N) is 1. The monoisotopic (exact) mass is 517 g/mol. The van der Waals surface area contributed by atoms with Gasteiger partial charge in [-0.3, -0.25) is 9.59 Å². The van der Waals surface area contributed by atoms with E-state index in [1.54, 1.807) is 18.2 Å². The van der Waals surface area contributed by atoms with Crippen LogP contribution in [0.4, 0.5) is 13.2 Å². The Morgan fingerprint density at radius 1 is 0.973 bits per heavy atom. The lowest BCUT2D eigenvalue weighted by Crippen LogP contribution is -2.52. The number of carboxylic acid groups (broad SMARTS) is 1. The molecule has 4 aliphatic carbocycles. The van der Waals surface area contributed by atoms with Crippen LogP contribution < -0.4 is 10.1 Å². The van der Waals surface area contributed by atoms with Crippen LogP contribution in [-0.4, -0.2) is 23.1 Å². The molecule has 4 aliphatic rings. The predicted octanol–water partition coefficient (Wildman–Crippen LogP) is 6.86. The first kappa shape index (κ1) is 25.9. The van der Waals surface area contributed by atoms with Crippen LogP contribution in [0.15, 0.2) is 30.3 Å². The first-order chi connectivity index (χ1) is 17.5. The van der Waals surface area contributed by atoms with Crippen LogP contribution in [0.1, 0.15) is 82.3 Å². The maximum Gasteiger partial charge on any atom is 0.420 e. The number of aliphatic carboxylic acids is 1. The van der Waals surface area contributed by atoms with E-state index in [0.29, 0.717) is 55.4 Å². The standard InChI is InChI=1S/C29H34F3NO4/c1-18-2-6-21(7-3-18)37-23-9-5-20-16-19(4-8-22(20)24(23)29(30,31)32)17-33-25(34)27-10-13-28(14-11-27,15-12-27)26(35)36/h4-5,8-9,16,18,21H,2-3,6-7,10-15,17H2,1H3,(H,33,34)(H,35,36). The number of benzene rings is 2. The molecule has 0 aromatic heterocycles. The summed E-state index contributed by atoms with van der Waals surface area (Å²) in [5, 5.41) is 13.1. The van der Waals surface area contributed by atoms with Gasteiger partial charge >= 0.3 is 12.1 Å². The summed E-state index contributed by atoms with van der Waals surface area (Å²) >= 11 is 0. The minimum absolute atomic E-state index is 0.0900. The number of amides is 1. The van der Waals surface area contributed by atoms with Crippen molar-refractivity contribution in [2.75, 3.05) is 0 Å². The van der Waals surface area contributed by atoms with E-state index >= 15 is 0 Å². The number of carbonyl (C=O) groups excluding carboxylic acids is 1. The van der Waals surface area contributed by atoms with Crippen molar-refractivity contribution in [2.24, 2.45) is 16.7 Å². The Morgan fingerprint density at radius 3 is 2.19 bits per heavy atom. The van der Waals surface area contributed by atoms with Crippen LogP contribution in [0.2, 0.25) is 0 Å². The molecule has 0 heterocycles. The van der Waals surface area contributed by atoms with Crippen LogP contribution in [0.3, 0.4) is 0 Å². The number of alkyl halides is 3. The summed E-state index contributed by atoms with van der Waals surface area (Å²) < 4.78 is 48.3. The van der Waals surface area contributed by atoms with Crippen molar-refractivity contribution in [3.05, 3.63) is 41.5 Å². The minimum Gasteiger partial charge on any atom is -0.490 e. The van der Waals surface area contributed by atoms with E-state index in [-0.39, 0.29) is 29.7 Å². The number of halogens is 3. The van der Waals surface area contributed by atoms with Gasteiger partial charge in [-0.25, -0.2) is 0 Å². The molecule has 2 bridgehead atoms. The fourth-order valence-electron chi connectivity index (χ4n) is 6.60. The lowest BCUT2D eigenvalue weighted by Gasteiger charge is -2.50. The maximum absolute atomic E-state index is 14.1. The molecular formula is C29H34F3NO4. The van der Waals surface area contributed by atoms with E-state index in [2.05, 4.69) is 12.2 Å². The Balaban J connectivity index is 1.31. The number of hydrogen-bond donors (Lipinski definition) is 2. The van der Waals surface area contributed by atoms with Crippen LogP contribution >= 0.6 is 0 Å². The summed E-state index contributed by atoms with van der Waals surface area (Å²) in [6.07, 6.45) is 1.86. The Kier molecular flexibility index (Phi) is 6.65. The second-order valence-electron chi connectivity index (χ2n) is 11.5. The van der Waals surface area contributed by atoms with E-state index in [1.807, 2.05) is 0 Å². The summed E-state index contributed by atoms with van der Waals surface area (Å²) in [5.74, 6) is -0.399. The largest absolute Gasteiger partial charge is 0.490 e.